The van der Waals surface area contributed by atoms with Gasteiger partial charge in [-0.15, -0.1) is 11.3 Å². The highest BCUT2D eigenvalue weighted by atomic mass is 79.9. The van der Waals surface area contributed by atoms with E-state index in [4.69, 9.17) is 11.6 Å². The fourth-order valence-electron chi connectivity index (χ4n) is 1.38. The molecule has 0 spiro atoms. The van der Waals surface area contributed by atoms with Crippen LogP contribution in [0.4, 0.5) is 5.82 Å². The lowest BCUT2D eigenvalue weighted by atomic mass is 10.3. The van der Waals surface area contributed by atoms with Gasteiger partial charge in [-0.1, -0.05) is 11.6 Å². The standard InChI is InChI=1S/C11H11BrClN3S/c1-6-10(13)15-7(2)16-11(6)14-4-9-3-8(12)5-17-9/h3,5H,4H2,1-2H3,(H,14,15,16). The van der Waals surface area contributed by atoms with E-state index in [0.29, 0.717) is 11.0 Å². The summed E-state index contributed by atoms with van der Waals surface area (Å²) in [6.07, 6.45) is 0. The summed E-state index contributed by atoms with van der Waals surface area (Å²) >= 11 is 11.1. The van der Waals surface area contributed by atoms with Crippen molar-refractivity contribution in [3.8, 4) is 0 Å². The predicted molar refractivity (Wildman–Crippen MR) is 75.9 cm³/mol. The Labute approximate surface area is 117 Å². The number of hydrogen-bond donors (Lipinski definition) is 1. The van der Waals surface area contributed by atoms with E-state index in [1.807, 2.05) is 13.8 Å². The van der Waals surface area contributed by atoms with Crippen molar-refractivity contribution in [3.05, 3.63) is 37.3 Å². The molecule has 2 rings (SSSR count). The van der Waals surface area contributed by atoms with E-state index in [2.05, 4.69) is 42.7 Å². The smallest absolute Gasteiger partial charge is 0.137 e. The van der Waals surface area contributed by atoms with Crippen LogP contribution in [-0.2, 0) is 6.54 Å². The molecule has 2 heterocycles. The number of aryl methyl sites for hydroxylation is 1. The van der Waals surface area contributed by atoms with Gasteiger partial charge in [-0.3, -0.25) is 0 Å². The molecule has 90 valence electrons. The number of rotatable bonds is 3. The van der Waals surface area contributed by atoms with E-state index in [-0.39, 0.29) is 0 Å². The van der Waals surface area contributed by atoms with Crippen LogP contribution >= 0.6 is 38.9 Å². The molecule has 2 aromatic rings. The van der Waals surface area contributed by atoms with Crippen LogP contribution in [0.3, 0.4) is 0 Å². The van der Waals surface area contributed by atoms with Gasteiger partial charge in [0.2, 0.25) is 0 Å². The van der Waals surface area contributed by atoms with Crippen molar-refractivity contribution in [2.24, 2.45) is 0 Å². The van der Waals surface area contributed by atoms with Crippen LogP contribution in [0.1, 0.15) is 16.3 Å². The third-order valence-corrected chi connectivity index (χ3v) is 4.32. The molecule has 2 aromatic heterocycles. The zero-order valence-electron chi connectivity index (χ0n) is 9.42. The molecule has 0 aliphatic carbocycles. The number of aromatic nitrogens is 2. The second-order valence-electron chi connectivity index (χ2n) is 3.62. The summed E-state index contributed by atoms with van der Waals surface area (Å²) < 4.78 is 1.10. The zero-order valence-corrected chi connectivity index (χ0v) is 12.6. The van der Waals surface area contributed by atoms with Crippen LogP contribution in [0, 0.1) is 13.8 Å². The fraction of sp³-hybridized carbons (Fsp3) is 0.273. The first-order valence-corrected chi connectivity index (χ1v) is 7.09. The molecule has 0 amide bonds. The average Bonchev–Trinajstić information content (AvgIpc) is 2.67. The van der Waals surface area contributed by atoms with Crippen LogP contribution in [0.5, 0.6) is 0 Å². The van der Waals surface area contributed by atoms with E-state index < -0.39 is 0 Å². The lowest BCUT2D eigenvalue weighted by molar-refractivity contribution is 1.01. The number of anilines is 1. The third-order valence-electron chi connectivity index (χ3n) is 2.25. The van der Waals surface area contributed by atoms with Crippen LogP contribution in [-0.4, -0.2) is 9.97 Å². The van der Waals surface area contributed by atoms with Gasteiger partial charge >= 0.3 is 0 Å². The lowest BCUT2D eigenvalue weighted by Crippen LogP contribution is -2.04. The maximum Gasteiger partial charge on any atom is 0.137 e. The number of nitrogens with zero attached hydrogens (tertiary/aromatic N) is 2. The first-order chi connectivity index (χ1) is 8.06. The maximum atomic E-state index is 6.01. The highest BCUT2D eigenvalue weighted by Gasteiger charge is 2.07. The van der Waals surface area contributed by atoms with Gasteiger partial charge in [-0.2, -0.15) is 0 Å². The highest BCUT2D eigenvalue weighted by molar-refractivity contribution is 9.10. The van der Waals surface area contributed by atoms with E-state index in [0.717, 1.165) is 22.4 Å². The summed E-state index contributed by atoms with van der Waals surface area (Å²) in [7, 11) is 0. The normalized spacial score (nSPS) is 10.6. The van der Waals surface area contributed by atoms with Crippen LogP contribution < -0.4 is 5.32 Å². The Balaban J connectivity index is 2.14. The van der Waals surface area contributed by atoms with Gasteiger partial charge in [-0.25, -0.2) is 9.97 Å². The minimum Gasteiger partial charge on any atom is -0.365 e. The number of hydrogen-bond acceptors (Lipinski definition) is 4. The molecule has 0 radical (unpaired) electrons. The van der Waals surface area contributed by atoms with Crippen molar-refractivity contribution < 1.29 is 0 Å². The minimum absolute atomic E-state index is 0.507. The molecule has 0 atom stereocenters. The largest absolute Gasteiger partial charge is 0.365 e. The van der Waals surface area contributed by atoms with Gasteiger partial charge in [0.05, 0.1) is 6.54 Å². The van der Waals surface area contributed by atoms with Crippen LogP contribution in [0.2, 0.25) is 5.15 Å². The van der Waals surface area contributed by atoms with Gasteiger partial charge in [0, 0.05) is 20.3 Å². The summed E-state index contributed by atoms with van der Waals surface area (Å²) in [5, 5.41) is 5.84. The summed E-state index contributed by atoms with van der Waals surface area (Å²) in [6, 6.07) is 2.09. The predicted octanol–water partition coefficient (Wildman–Crippen LogP) is 4.18. The van der Waals surface area contributed by atoms with Gasteiger partial charge < -0.3 is 5.32 Å². The third kappa shape index (κ3) is 3.18. The Morgan fingerprint density at radius 1 is 1.41 bits per heavy atom. The quantitative estimate of drug-likeness (QED) is 0.857. The Bertz CT molecular complexity index is 542. The molecular weight excluding hydrogens is 322 g/mol. The second-order valence-corrected chi connectivity index (χ2v) is 5.89. The summed E-state index contributed by atoms with van der Waals surface area (Å²) in [5.41, 5.74) is 0.882. The topological polar surface area (TPSA) is 37.8 Å². The minimum atomic E-state index is 0.507. The fourth-order valence-corrected chi connectivity index (χ4v) is 2.99. The first-order valence-electron chi connectivity index (χ1n) is 5.04. The Hall–Kier alpha value is -0.650. The SMILES string of the molecule is Cc1nc(Cl)c(C)c(NCc2cc(Br)cs2)n1. The summed E-state index contributed by atoms with van der Waals surface area (Å²) in [6.45, 7) is 4.48. The molecule has 0 aliphatic rings. The second kappa shape index (κ2) is 5.33. The Morgan fingerprint density at radius 3 is 2.82 bits per heavy atom. The lowest BCUT2D eigenvalue weighted by Gasteiger charge is -2.09. The molecule has 6 heteroatoms. The molecule has 0 saturated heterocycles. The van der Waals surface area contributed by atoms with Crippen LogP contribution in [0.15, 0.2) is 15.9 Å². The first kappa shape index (κ1) is 12.8. The molecule has 0 unspecified atom stereocenters. The number of halogens is 2. The molecule has 0 bridgehead atoms. The van der Waals surface area contributed by atoms with Gasteiger partial charge in [-0.05, 0) is 35.8 Å². The summed E-state index contributed by atoms with van der Waals surface area (Å²) in [4.78, 5) is 9.68. The van der Waals surface area contributed by atoms with Crippen molar-refractivity contribution in [2.45, 2.75) is 20.4 Å². The van der Waals surface area contributed by atoms with Crippen molar-refractivity contribution in [3.63, 3.8) is 0 Å². The number of nitrogens with one attached hydrogen (secondary N) is 1. The van der Waals surface area contributed by atoms with Crippen molar-refractivity contribution in [1.82, 2.24) is 9.97 Å². The van der Waals surface area contributed by atoms with Crippen molar-refractivity contribution in [2.75, 3.05) is 5.32 Å². The Morgan fingerprint density at radius 2 is 2.18 bits per heavy atom. The molecule has 17 heavy (non-hydrogen) atoms. The van der Waals surface area contributed by atoms with E-state index in [1.54, 1.807) is 11.3 Å². The summed E-state index contributed by atoms with van der Waals surface area (Å²) in [5.74, 6) is 1.47. The zero-order chi connectivity index (χ0) is 12.4. The molecule has 0 aromatic carbocycles. The van der Waals surface area contributed by atoms with Gasteiger partial charge in [0.25, 0.3) is 0 Å². The van der Waals surface area contributed by atoms with E-state index in [9.17, 15) is 0 Å². The van der Waals surface area contributed by atoms with Crippen LogP contribution in [0.25, 0.3) is 0 Å². The van der Waals surface area contributed by atoms with E-state index >= 15 is 0 Å². The molecule has 0 fully saturated rings. The van der Waals surface area contributed by atoms with Gasteiger partial charge in [0.1, 0.15) is 16.8 Å². The van der Waals surface area contributed by atoms with Gasteiger partial charge in [0.15, 0.2) is 0 Å². The van der Waals surface area contributed by atoms with E-state index in [1.165, 1.54) is 4.88 Å². The maximum absolute atomic E-state index is 6.01. The molecule has 3 nitrogen and oxygen atoms in total. The Kier molecular flexibility index (Phi) is 4.01. The molecule has 0 aliphatic heterocycles. The molecular formula is C11H11BrClN3S. The number of thiophene rings is 1. The molecule has 0 saturated carbocycles. The molecule has 1 N–H and O–H groups in total. The monoisotopic (exact) mass is 331 g/mol. The highest BCUT2D eigenvalue weighted by Crippen LogP contribution is 2.23. The van der Waals surface area contributed by atoms with Crippen molar-refractivity contribution in [1.29, 1.82) is 0 Å². The average molecular weight is 333 g/mol. The van der Waals surface area contributed by atoms with Crippen molar-refractivity contribution >= 4 is 44.7 Å².